The number of hydrogen-bond acceptors (Lipinski definition) is 3. The van der Waals surface area contributed by atoms with E-state index in [9.17, 15) is 4.79 Å². The summed E-state index contributed by atoms with van der Waals surface area (Å²) in [4.78, 5) is 14.3. The quantitative estimate of drug-likeness (QED) is 0.507. The number of esters is 1. The molecule has 0 aromatic rings. The minimum absolute atomic E-state index is 0.00857. The highest BCUT2D eigenvalue weighted by Crippen LogP contribution is 2.18. The van der Waals surface area contributed by atoms with Crippen LogP contribution in [0.3, 0.4) is 0 Å². The van der Waals surface area contributed by atoms with Gasteiger partial charge in [0, 0.05) is 0 Å². The largest absolute Gasteiger partial charge is 0.465 e. The van der Waals surface area contributed by atoms with E-state index < -0.39 is 0 Å². The summed E-state index contributed by atoms with van der Waals surface area (Å²) >= 11 is 0. The molecule has 17 heavy (non-hydrogen) atoms. The van der Waals surface area contributed by atoms with Gasteiger partial charge in [-0.2, -0.15) is 0 Å². The predicted molar refractivity (Wildman–Crippen MR) is 70.0 cm³/mol. The Hall–Kier alpha value is -0.570. The van der Waals surface area contributed by atoms with Gasteiger partial charge in [-0.25, -0.2) is 0 Å². The van der Waals surface area contributed by atoms with Gasteiger partial charge in [0.1, 0.15) is 6.04 Å². The molecule has 3 heteroatoms. The molecule has 0 saturated carbocycles. The summed E-state index contributed by atoms with van der Waals surface area (Å²) in [5.41, 5.74) is 0. The second kappa shape index (κ2) is 8.51. The molecule has 0 aromatic carbocycles. The van der Waals surface area contributed by atoms with Gasteiger partial charge >= 0.3 is 5.97 Å². The van der Waals surface area contributed by atoms with Crippen LogP contribution in [0.1, 0.15) is 58.8 Å². The Morgan fingerprint density at radius 1 is 1.24 bits per heavy atom. The van der Waals surface area contributed by atoms with Crippen LogP contribution in [0.15, 0.2) is 0 Å². The van der Waals surface area contributed by atoms with E-state index in [4.69, 9.17) is 4.74 Å². The zero-order valence-corrected chi connectivity index (χ0v) is 11.4. The van der Waals surface area contributed by atoms with Crippen LogP contribution in [0.25, 0.3) is 0 Å². The third kappa shape index (κ3) is 5.07. The van der Waals surface area contributed by atoms with Crippen molar-refractivity contribution in [3.63, 3.8) is 0 Å². The zero-order valence-electron chi connectivity index (χ0n) is 11.4. The maximum atomic E-state index is 12.0. The van der Waals surface area contributed by atoms with Crippen LogP contribution in [0, 0.1) is 0 Å². The Balaban J connectivity index is 2.37. The van der Waals surface area contributed by atoms with E-state index in [1.54, 1.807) is 0 Å². The highest BCUT2D eigenvalue weighted by atomic mass is 16.5. The van der Waals surface area contributed by atoms with E-state index in [-0.39, 0.29) is 12.0 Å². The molecular weight excluding hydrogens is 214 g/mol. The molecular formula is C14H27NO2. The molecule has 1 rings (SSSR count). The lowest BCUT2D eigenvalue weighted by atomic mass is 10.0. The zero-order chi connectivity index (χ0) is 12.5. The molecule has 0 aromatic heterocycles. The molecule has 0 radical (unpaired) electrons. The third-order valence-corrected chi connectivity index (χ3v) is 3.43. The monoisotopic (exact) mass is 241 g/mol. The van der Waals surface area contributed by atoms with Gasteiger partial charge in [-0.1, -0.05) is 33.1 Å². The molecule has 0 N–H and O–H groups in total. The molecule has 1 heterocycles. The SMILES string of the molecule is CCCCOC(=O)[C@@H]1CCCCN1CCCC. The summed E-state index contributed by atoms with van der Waals surface area (Å²) in [5, 5.41) is 0. The number of likely N-dealkylation sites (tertiary alicyclic amines) is 1. The van der Waals surface area contributed by atoms with Gasteiger partial charge in [0.2, 0.25) is 0 Å². The highest BCUT2D eigenvalue weighted by molar-refractivity contribution is 5.75. The Bertz CT molecular complexity index is 218. The molecule has 0 bridgehead atoms. The first-order valence-corrected chi connectivity index (χ1v) is 7.20. The van der Waals surface area contributed by atoms with Crippen molar-refractivity contribution in [1.29, 1.82) is 0 Å². The third-order valence-electron chi connectivity index (χ3n) is 3.43. The van der Waals surface area contributed by atoms with Crippen molar-refractivity contribution in [3.05, 3.63) is 0 Å². The van der Waals surface area contributed by atoms with E-state index in [2.05, 4.69) is 18.7 Å². The van der Waals surface area contributed by atoms with Crippen molar-refractivity contribution < 1.29 is 9.53 Å². The van der Waals surface area contributed by atoms with E-state index in [1.807, 2.05) is 0 Å². The molecule has 3 nitrogen and oxygen atoms in total. The van der Waals surface area contributed by atoms with Gasteiger partial charge in [-0.3, -0.25) is 9.69 Å². The Morgan fingerprint density at radius 2 is 2.00 bits per heavy atom. The number of hydrogen-bond donors (Lipinski definition) is 0. The smallest absolute Gasteiger partial charge is 0.323 e. The Kier molecular flexibility index (Phi) is 7.25. The van der Waals surface area contributed by atoms with Crippen LogP contribution >= 0.6 is 0 Å². The number of piperidine rings is 1. The molecule has 0 aliphatic carbocycles. The summed E-state index contributed by atoms with van der Waals surface area (Å²) < 4.78 is 5.35. The maximum absolute atomic E-state index is 12.0. The Morgan fingerprint density at radius 3 is 2.71 bits per heavy atom. The number of carbonyl (C=O) groups excluding carboxylic acids is 1. The number of rotatable bonds is 7. The second-order valence-electron chi connectivity index (χ2n) is 4.92. The standard InChI is InChI=1S/C14H27NO2/c1-3-5-10-15-11-8-7-9-13(15)14(16)17-12-6-4-2/h13H,3-12H2,1-2H3/t13-/m0/s1. The molecule has 0 amide bonds. The summed E-state index contributed by atoms with van der Waals surface area (Å²) in [6.07, 6.45) is 7.80. The Labute approximate surface area is 106 Å². The van der Waals surface area contributed by atoms with Gasteiger partial charge in [-0.15, -0.1) is 0 Å². The van der Waals surface area contributed by atoms with Gasteiger partial charge in [-0.05, 0) is 38.8 Å². The van der Waals surface area contributed by atoms with Crippen LogP contribution in [-0.4, -0.2) is 36.6 Å². The fourth-order valence-corrected chi connectivity index (χ4v) is 2.30. The maximum Gasteiger partial charge on any atom is 0.323 e. The van der Waals surface area contributed by atoms with Crippen molar-refractivity contribution in [1.82, 2.24) is 4.90 Å². The van der Waals surface area contributed by atoms with Crippen LogP contribution in [0.2, 0.25) is 0 Å². The molecule has 1 aliphatic rings. The summed E-state index contributed by atoms with van der Waals surface area (Å²) in [7, 11) is 0. The topological polar surface area (TPSA) is 29.5 Å². The van der Waals surface area contributed by atoms with E-state index in [0.717, 1.165) is 38.8 Å². The normalized spacial score (nSPS) is 21.4. The number of ether oxygens (including phenoxy) is 1. The van der Waals surface area contributed by atoms with E-state index in [1.165, 1.54) is 19.3 Å². The van der Waals surface area contributed by atoms with E-state index >= 15 is 0 Å². The molecule has 100 valence electrons. The summed E-state index contributed by atoms with van der Waals surface area (Å²) in [6, 6.07) is 0.0344. The van der Waals surface area contributed by atoms with Crippen LogP contribution < -0.4 is 0 Å². The minimum atomic E-state index is 0.00857. The minimum Gasteiger partial charge on any atom is -0.465 e. The summed E-state index contributed by atoms with van der Waals surface area (Å²) in [6.45, 7) is 7.01. The number of unbranched alkanes of at least 4 members (excludes halogenated alkanes) is 2. The predicted octanol–water partition coefficient (Wildman–Crippen LogP) is 2.98. The first-order valence-electron chi connectivity index (χ1n) is 7.20. The molecule has 1 aliphatic heterocycles. The average Bonchev–Trinajstić information content (AvgIpc) is 2.37. The fraction of sp³-hybridized carbons (Fsp3) is 0.929. The molecule has 1 saturated heterocycles. The van der Waals surface area contributed by atoms with Gasteiger partial charge in [0.25, 0.3) is 0 Å². The second-order valence-corrected chi connectivity index (χ2v) is 4.92. The molecule has 1 atom stereocenters. The lowest BCUT2D eigenvalue weighted by Gasteiger charge is -2.33. The lowest BCUT2D eigenvalue weighted by molar-refractivity contribution is -0.151. The highest BCUT2D eigenvalue weighted by Gasteiger charge is 2.29. The van der Waals surface area contributed by atoms with Gasteiger partial charge < -0.3 is 4.74 Å². The van der Waals surface area contributed by atoms with Crippen molar-refractivity contribution in [2.24, 2.45) is 0 Å². The van der Waals surface area contributed by atoms with Crippen molar-refractivity contribution in [2.45, 2.75) is 64.8 Å². The summed E-state index contributed by atoms with van der Waals surface area (Å²) in [5.74, 6) is 0.00857. The van der Waals surface area contributed by atoms with Crippen LogP contribution in [0.4, 0.5) is 0 Å². The fourth-order valence-electron chi connectivity index (χ4n) is 2.30. The molecule has 1 fully saturated rings. The van der Waals surface area contributed by atoms with Crippen molar-refractivity contribution >= 4 is 5.97 Å². The molecule has 0 spiro atoms. The first kappa shape index (κ1) is 14.5. The van der Waals surface area contributed by atoms with Crippen LogP contribution in [0.5, 0.6) is 0 Å². The lowest BCUT2D eigenvalue weighted by Crippen LogP contribution is -2.45. The van der Waals surface area contributed by atoms with Gasteiger partial charge in [0.05, 0.1) is 6.61 Å². The van der Waals surface area contributed by atoms with Crippen molar-refractivity contribution in [3.8, 4) is 0 Å². The number of nitrogens with zero attached hydrogens (tertiary/aromatic N) is 1. The van der Waals surface area contributed by atoms with Crippen molar-refractivity contribution in [2.75, 3.05) is 19.7 Å². The van der Waals surface area contributed by atoms with E-state index in [0.29, 0.717) is 6.61 Å². The number of carbonyl (C=O) groups is 1. The van der Waals surface area contributed by atoms with Gasteiger partial charge in [0.15, 0.2) is 0 Å². The average molecular weight is 241 g/mol. The van der Waals surface area contributed by atoms with Crippen LogP contribution in [-0.2, 0) is 9.53 Å². The first-order chi connectivity index (χ1) is 8.29. The molecule has 0 unspecified atom stereocenters.